The van der Waals surface area contributed by atoms with E-state index in [0.717, 1.165) is 6.07 Å². The van der Waals surface area contributed by atoms with E-state index in [2.05, 4.69) is 0 Å². The average molecular weight is 344 g/mol. The Morgan fingerprint density at radius 2 is 1.79 bits per heavy atom. The topological polar surface area (TPSA) is 163 Å². The van der Waals surface area contributed by atoms with Gasteiger partial charge in [0.05, 0.1) is 12.7 Å². The van der Waals surface area contributed by atoms with E-state index in [4.69, 9.17) is 19.3 Å². The Balaban J connectivity index is 2.16. The van der Waals surface area contributed by atoms with Gasteiger partial charge in [0.15, 0.2) is 17.6 Å². The molecule has 0 bridgehead atoms. The zero-order valence-corrected chi connectivity index (χ0v) is 12.4. The molecule has 24 heavy (non-hydrogen) atoms. The first-order chi connectivity index (χ1) is 11.3. The van der Waals surface area contributed by atoms with E-state index < -0.39 is 42.6 Å². The van der Waals surface area contributed by atoms with Gasteiger partial charge in [0.2, 0.25) is 6.29 Å². The van der Waals surface area contributed by atoms with Crippen LogP contribution in [0.15, 0.2) is 18.2 Å². The van der Waals surface area contributed by atoms with Crippen LogP contribution < -0.4 is 4.74 Å². The maximum Gasteiger partial charge on any atom is 0.340 e. The molecule has 2 rings (SSSR count). The number of esters is 1. The highest BCUT2D eigenvalue weighted by atomic mass is 16.7. The summed E-state index contributed by atoms with van der Waals surface area (Å²) in [6.45, 7) is 0. The third-order valence-corrected chi connectivity index (χ3v) is 3.45. The summed E-state index contributed by atoms with van der Waals surface area (Å²) in [6, 6.07) is 3.54. The van der Waals surface area contributed by atoms with Gasteiger partial charge in [-0.25, -0.2) is 9.59 Å². The molecule has 1 aromatic rings. The van der Waals surface area contributed by atoms with Crippen molar-refractivity contribution in [2.75, 3.05) is 7.11 Å². The summed E-state index contributed by atoms with van der Waals surface area (Å²) in [5.74, 6) is -2.84. The first-order valence-electron chi connectivity index (χ1n) is 6.76. The molecule has 0 spiro atoms. The Morgan fingerprint density at radius 3 is 2.38 bits per heavy atom. The van der Waals surface area contributed by atoms with Crippen molar-refractivity contribution in [3.05, 3.63) is 23.8 Å². The number of carboxylic acid groups (broad SMARTS) is 1. The average Bonchev–Trinajstić information content (AvgIpc) is 2.55. The van der Waals surface area contributed by atoms with Gasteiger partial charge < -0.3 is 39.7 Å². The molecular weight excluding hydrogens is 328 g/mol. The lowest BCUT2D eigenvalue weighted by molar-refractivity contribution is -0.278. The Hall–Kier alpha value is -2.40. The quantitative estimate of drug-likeness (QED) is 0.404. The highest BCUT2D eigenvalue weighted by molar-refractivity contribution is 5.90. The summed E-state index contributed by atoms with van der Waals surface area (Å²) in [5.41, 5.74) is -0.0760. The van der Waals surface area contributed by atoms with Crippen LogP contribution in [-0.4, -0.2) is 75.3 Å². The molecule has 5 unspecified atom stereocenters. The molecule has 1 aliphatic heterocycles. The van der Waals surface area contributed by atoms with Gasteiger partial charge >= 0.3 is 11.9 Å². The number of carbonyl (C=O) groups excluding carboxylic acids is 1. The maximum atomic E-state index is 12.1. The van der Waals surface area contributed by atoms with Crippen LogP contribution in [0.2, 0.25) is 0 Å². The number of methoxy groups -OCH3 is 1. The second-order valence-corrected chi connectivity index (χ2v) is 5.03. The van der Waals surface area contributed by atoms with Crippen LogP contribution in [0.3, 0.4) is 0 Å². The van der Waals surface area contributed by atoms with Crippen LogP contribution in [-0.2, 0) is 14.3 Å². The minimum Gasteiger partial charge on any atom is -0.504 e. The SMILES string of the molecule is COc1cc(C(=O)OC2OC(C(=O)O)C(O)C(O)C2O)ccc1O. The molecule has 1 saturated heterocycles. The minimum atomic E-state index is -1.89. The zero-order valence-electron chi connectivity index (χ0n) is 12.4. The Bertz CT molecular complexity index is 630. The minimum absolute atomic E-state index is 0.00608. The van der Waals surface area contributed by atoms with Gasteiger partial charge in [-0.2, -0.15) is 0 Å². The van der Waals surface area contributed by atoms with E-state index in [1.807, 2.05) is 0 Å². The van der Waals surface area contributed by atoms with Crippen LogP contribution in [0.4, 0.5) is 0 Å². The fourth-order valence-corrected chi connectivity index (χ4v) is 2.13. The number of aromatic hydroxyl groups is 1. The summed E-state index contributed by atoms with van der Waals surface area (Å²) < 4.78 is 14.5. The summed E-state index contributed by atoms with van der Waals surface area (Å²) in [7, 11) is 1.27. The monoisotopic (exact) mass is 344 g/mol. The van der Waals surface area contributed by atoms with Gasteiger partial charge in [-0.3, -0.25) is 0 Å². The van der Waals surface area contributed by atoms with Gasteiger partial charge in [0, 0.05) is 0 Å². The molecule has 1 fully saturated rings. The summed E-state index contributed by atoms with van der Waals surface area (Å²) in [6.07, 6.45) is -9.31. The maximum absolute atomic E-state index is 12.1. The molecule has 10 heteroatoms. The number of phenols is 1. The number of ether oxygens (including phenoxy) is 3. The van der Waals surface area contributed by atoms with E-state index in [0.29, 0.717) is 0 Å². The number of aliphatic hydroxyl groups excluding tert-OH is 3. The van der Waals surface area contributed by atoms with Gasteiger partial charge in [0.25, 0.3) is 0 Å². The van der Waals surface area contributed by atoms with Crippen LogP contribution in [0.1, 0.15) is 10.4 Å². The van der Waals surface area contributed by atoms with E-state index in [-0.39, 0.29) is 17.1 Å². The summed E-state index contributed by atoms with van der Waals surface area (Å²) >= 11 is 0. The predicted molar refractivity (Wildman–Crippen MR) is 74.4 cm³/mol. The molecule has 0 aromatic heterocycles. The second kappa shape index (κ2) is 7.01. The fraction of sp³-hybridized carbons (Fsp3) is 0.429. The molecule has 0 radical (unpaired) electrons. The van der Waals surface area contributed by atoms with Crippen molar-refractivity contribution in [2.24, 2.45) is 0 Å². The molecule has 0 aliphatic carbocycles. The number of phenolic OH excluding ortho intramolecular Hbond substituents is 1. The number of hydrogen-bond acceptors (Lipinski definition) is 9. The van der Waals surface area contributed by atoms with E-state index in [9.17, 15) is 30.0 Å². The molecule has 10 nitrogen and oxygen atoms in total. The van der Waals surface area contributed by atoms with Crippen molar-refractivity contribution in [2.45, 2.75) is 30.7 Å². The van der Waals surface area contributed by atoms with Crippen molar-refractivity contribution >= 4 is 11.9 Å². The number of carbonyl (C=O) groups is 2. The standard InChI is InChI=1S/C14H16O10/c1-22-7-4-5(2-3-6(7)15)13(21)24-14-10(18)8(16)9(17)11(23-14)12(19)20/h2-4,8-11,14-18H,1H3,(H,19,20). The molecule has 1 aromatic carbocycles. The van der Waals surface area contributed by atoms with Crippen LogP contribution >= 0.6 is 0 Å². The fourth-order valence-electron chi connectivity index (χ4n) is 2.13. The molecule has 5 atom stereocenters. The Morgan fingerprint density at radius 1 is 1.12 bits per heavy atom. The lowest BCUT2D eigenvalue weighted by atomic mass is 9.99. The highest BCUT2D eigenvalue weighted by Crippen LogP contribution is 2.28. The first kappa shape index (κ1) is 17.9. The van der Waals surface area contributed by atoms with Gasteiger partial charge in [-0.05, 0) is 18.2 Å². The number of rotatable bonds is 4. The lowest BCUT2D eigenvalue weighted by Gasteiger charge is -2.37. The van der Waals surface area contributed by atoms with Crippen LogP contribution in [0.5, 0.6) is 11.5 Å². The Labute approximate surface area is 135 Å². The van der Waals surface area contributed by atoms with Gasteiger partial charge in [-0.1, -0.05) is 0 Å². The molecular formula is C14H16O10. The third kappa shape index (κ3) is 3.41. The van der Waals surface area contributed by atoms with Crippen molar-refractivity contribution in [1.82, 2.24) is 0 Å². The first-order valence-corrected chi connectivity index (χ1v) is 6.76. The number of hydrogen-bond donors (Lipinski definition) is 5. The van der Waals surface area contributed by atoms with E-state index >= 15 is 0 Å². The highest BCUT2D eigenvalue weighted by Gasteiger charge is 2.48. The van der Waals surface area contributed by atoms with Crippen molar-refractivity contribution in [3.8, 4) is 11.5 Å². The summed E-state index contributed by atoms with van der Waals surface area (Å²) in [4.78, 5) is 23.0. The smallest absolute Gasteiger partial charge is 0.340 e. The largest absolute Gasteiger partial charge is 0.504 e. The number of aliphatic carboxylic acids is 1. The van der Waals surface area contributed by atoms with Crippen molar-refractivity contribution < 1.29 is 49.3 Å². The lowest BCUT2D eigenvalue weighted by Crippen LogP contribution is -2.60. The molecule has 1 aliphatic rings. The molecule has 132 valence electrons. The second-order valence-electron chi connectivity index (χ2n) is 5.03. The van der Waals surface area contributed by atoms with Crippen molar-refractivity contribution in [3.63, 3.8) is 0 Å². The normalized spacial score (nSPS) is 29.8. The zero-order chi connectivity index (χ0) is 18.0. The number of benzene rings is 1. The van der Waals surface area contributed by atoms with Crippen LogP contribution in [0, 0.1) is 0 Å². The Kier molecular flexibility index (Phi) is 5.24. The van der Waals surface area contributed by atoms with E-state index in [1.54, 1.807) is 0 Å². The molecule has 0 amide bonds. The molecule has 5 N–H and O–H groups in total. The van der Waals surface area contributed by atoms with Crippen molar-refractivity contribution in [1.29, 1.82) is 0 Å². The predicted octanol–water partition coefficient (Wildman–Crippen LogP) is -1.55. The molecule has 0 saturated carbocycles. The third-order valence-electron chi connectivity index (χ3n) is 3.45. The van der Waals surface area contributed by atoms with Gasteiger partial charge in [0.1, 0.15) is 18.3 Å². The van der Waals surface area contributed by atoms with E-state index in [1.165, 1.54) is 19.2 Å². The summed E-state index contributed by atoms with van der Waals surface area (Å²) in [5, 5.41) is 47.4. The molecule has 1 heterocycles. The number of carboxylic acids is 1. The van der Waals surface area contributed by atoms with Crippen LogP contribution in [0.25, 0.3) is 0 Å². The van der Waals surface area contributed by atoms with Gasteiger partial charge in [-0.15, -0.1) is 0 Å². The number of aliphatic hydroxyl groups is 3.